The van der Waals surface area contributed by atoms with Gasteiger partial charge in [-0.25, -0.2) is 4.79 Å². The molecule has 1 aromatic heterocycles. The van der Waals surface area contributed by atoms with Crippen LogP contribution in [-0.2, 0) is 7.05 Å². The first kappa shape index (κ1) is 15.4. The van der Waals surface area contributed by atoms with Crippen molar-refractivity contribution in [2.45, 2.75) is 12.0 Å². The number of nitrogens with one attached hydrogen (secondary N) is 3. The van der Waals surface area contributed by atoms with E-state index in [4.69, 9.17) is 0 Å². The number of aromatic nitrogens is 4. The largest absolute Gasteiger partial charge is 0.387 e. The summed E-state index contributed by atoms with van der Waals surface area (Å²) >= 11 is 0. The first-order valence-electron chi connectivity index (χ1n) is 7.36. The van der Waals surface area contributed by atoms with Crippen LogP contribution in [0, 0.1) is 0 Å². The number of carbonyl (C=O) groups excluding carboxylic acids is 1. The number of rotatable bonds is 4. The van der Waals surface area contributed by atoms with Crippen LogP contribution in [0.15, 0.2) is 24.3 Å². The van der Waals surface area contributed by atoms with Crippen molar-refractivity contribution in [1.29, 1.82) is 0 Å². The molecule has 23 heavy (non-hydrogen) atoms. The first-order valence-corrected chi connectivity index (χ1v) is 7.36. The van der Waals surface area contributed by atoms with Gasteiger partial charge in [-0.15, -0.1) is 10.2 Å². The van der Waals surface area contributed by atoms with Crippen LogP contribution in [0.5, 0.6) is 0 Å². The molecular weight excluding hydrogens is 298 g/mol. The summed E-state index contributed by atoms with van der Waals surface area (Å²) in [6.45, 7) is 1.45. The van der Waals surface area contributed by atoms with Crippen LogP contribution in [-0.4, -0.2) is 56.6 Å². The maximum absolute atomic E-state index is 12.0. The smallest absolute Gasteiger partial charge is 0.319 e. The minimum absolute atomic E-state index is 0.206. The van der Waals surface area contributed by atoms with E-state index in [9.17, 15) is 9.90 Å². The van der Waals surface area contributed by atoms with Gasteiger partial charge in [0.25, 0.3) is 0 Å². The number of amides is 2. The lowest BCUT2D eigenvalue weighted by molar-refractivity contribution is 0.0640. The van der Waals surface area contributed by atoms with Gasteiger partial charge < -0.3 is 21.1 Å². The molecule has 0 bridgehead atoms. The Morgan fingerprint density at radius 2 is 2.39 bits per heavy atom. The van der Waals surface area contributed by atoms with Crippen LogP contribution in [0.25, 0.3) is 11.4 Å². The van der Waals surface area contributed by atoms with Crippen LogP contribution in [0.4, 0.5) is 10.5 Å². The van der Waals surface area contributed by atoms with Crippen molar-refractivity contribution in [1.82, 2.24) is 30.8 Å². The van der Waals surface area contributed by atoms with Crippen molar-refractivity contribution in [2.75, 3.05) is 25.0 Å². The Morgan fingerprint density at radius 3 is 3.09 bits per heavy atom. The highest BCUT2D eigenvalue weighted by molar-refractivity contribution is 5.89. The summed E-state index contributed by atoms with van der Waals surface area (Å²) in [4.78, 5) is 13.3. The van der Waals surface area contributed by atoms with Crippen LogP contribution < -0.4 is 16.0 Å². The van der Waals surface area contributed by atoms with E-state index in [1.165, 1.54) is 4.80 Å². The number of aliphatic hydroxyl groups is 1. The van der Waals surface area contributed by atoms with Gasteiger partial charge in [-0.3, -0.25) is 0 Å². The molecule has 9 nitrogen and oxygen atoms in total. The zero-order valence-corrected chi connectivity index (χ0v) is 12.8. The molecule has 1 atom stereocenters. The molecule has 1 fully saturated rings. The second-order valence-corrected chi connectivity index (χ2v) is 5.64. The van der Waals surface area contributed by atoms with Crippen molar-refractivity contribution in [2.24, 2.45) is 7.05 Å². The summed E-state index contributed by atoms with van der Waals surface area (Å²) < 4.78 is 0. The molecule has 0 unspecified atom stereocenters. The topological polar surface area (TPSA) is 117 Å². The van der Waals surface area contributed by atoms with E-state index in [0.29, 0.717) is 24.5 Å². The lowest BCUT2D eigenvalue weighted by Crippen LogP contribution is -2.45. The monoisotopic (exact) mass is 317 g/mol. The molecule has 1 aliphatic rings. The van der Waals surface area contributed by atoms with Crippen LogP contribution >= 0.6 is 0 Å². The predicted molar refractivity (Wildman–Crippen MR) is 83.7 cm³/mol. The Bertz CT molecular complexity index is 694. The molecule has 1 aromatic carbocycles. The number of β-amino-alcohol motifs (C(OH)–C–C–N with tert-alkyl or cyclic N) is 1. The highest BCUT2D eigenvalue weighted by Crippen LogP contribution is 2.18. The van der Waals surface area contributed by atoms with Gasteiger partial charge in [0.15, 0.2) is 0 Å². The summed E-state index contributed by atoms with van der Waals surface area (Å²) in [6, 6.07) is 6.81. The highest BCUT2D eigenvalue weighted by atomic mass is 16.3. The van der Waals surface area contributed by atoms with E-state index in [2.05, 4.69) is 31.4 Å². The molecule has 0 saturated carbocycles. The number of urea groups is 1. The summed E-state index contributed by atoms with van der Waals surface area (Å²) in [7, 11) is 1.69. The quantitative estimate of drug-likeness (QED) is 0.616. The van der Waals surface area contributed by atoms with Crippen molar-refractivity contribution >= 4 is 11.7 Å². The Morgan fingerprint density at radius 1 is 1.52 bits per heavy atom. The molecular formula is C14H19N7O2. The van der Waals surface area contributed by atoms with Crippen LogP contribution in [0.2, 0.25) is 0 Å². The lowest BCUT2D eigenvalue weighted by Gasteiger charge is -2.21. The van der Waals surface area contributed by atoms with E-state index in [1.807, 2.05) is 6.07 Å². The molecule has 2 heterocycles. The zero-order valence-electron chi connectivity index (χ0n) is 12.8. The molecule has 3 rings (SSSR count). The van der Waals surface area contributed by atoms with Crippen molar-refractivity contribution in [3.8, 4) is 11.4 Å². The fourth-order valence-corrected chi connectivity index (χ4v) is 2.44. The maximum Gasteiger partial charge on any atom is 0.319 e. The van der Waals surface area contributed by atoms with Crippen LogP contribution in [0.3, 0.4) is 0 Å². The Labute approximate surface area is 133 Å². The average Bonchev–Trinajstić information content (AvgIpc) is 3.15. The van der Waals surface area contributed by atoms with E-state index >= 15 is 0 Å². The lowest BCUT2D eigenvalue weighted by atomic mass is 10.0. The normalized spacial score (nSPS) is 20.4. The second-order valence-electron chi connectivity index (χ2n) is 5.64. The van der Waals surface area contributed by atoms with Gasteiger partial charge in [-0.05, 0) is 30.3 Å². The molecule has 0 radical (unpaired) electrons. The fraction of sp³-hybridized carbons (Fsp3) is 0.429. The van der Waals surface area contributed by atoms with Gasteiger partial charge >= 0.3 is 6.03 Å². The first-order chi connectivity index (χ1) is 11.0. The fourth-order valence-electron chi connectivity index (χ4n) is 2.44. The number of hydrogen-bond donors (Lipinski definition) is 4. The maximum atomic E-state index is 12.0. The number of anilines is 1. The van der Waals surface area contributed by atoms with Crippen molar-refractivity contribution in [3.05, 3.63) is 24.3 Å². The minimum atomic E-state index is -0.872. The van der Waals surface area contributed by atoms with E-state index in [-0.39, 0.29) is 12.6 Å². The molecule has 4 N–H and O–H groups in total. The molecule has 1 aliphatic heterocycles. The summed E-state index contributed by atoms with van der Waals surface area (Å²) in [5.74, 6) is 0.489. The molecule has 0 aliphatic carbocycles. The SMILES string of the molecule is Cn1nnc(-c2cccc(NC(=O)NC[C@]3(O)CCNC3)c2)n1. The number of aryl methyl sites for hydroxylation is 1. The van der Waals surface area contributed by atoms with Crippen molar-refractivity contribution in [3.63, 3.8) is 0 Å². The van der Waals surface area contributed by atoms with Crippen LogP contribution in [0.1, 0.15) is 6.42 Å². The highest BCUT2D eigenvalue weighted by Gasteiger charge is 2.31. The summed E-state index contributed by atoms with van der Waals surface area (Å²) in [5, 5.41) is 30.5. The number of tetrazole rings is 1. The number of hydrogen-bond acceptors (Lipinski definition) is 6. The van der Waals surface area contributed by atoms with Gasteiger partial charge in [0.05, 0.1) is 12.6 Å². The van der Waals surface area contributed by atoms with Gasteiger partial charge in [0, 0.05) is 24.3 Å². The van der Waals surface area contributed by atoms with Gasteiger partial charge in [-0.2, -0.15) is 4.80 Å². The van der Waals surface area contributed by atoms with E-state index < -0.39 is 5.60 Å². The predicted octanol–water partition coefficient (Wildman–Crippen LogP) is -0.277. The molecule has 1 saturated heterocycles. The number of nitrogens with zero attached hydrogens (tertiary/aromatic N) is 4. The van der Waals surface area contributed by atoms with Gasteiger partial charge in [0.2, 0.25) is 5.82 Å². The Hall–Kier alpha value is -2.52. The molecule has 122 valence electrons. The average molecular weight is 317 g/mol. The third-order valence-corrected chi connectivity index (χ3v) is 3.69. The molecule has 0 spiro atoms. The van der Waals surface area contributed by atoms with Gasteiger partial charge in [0.1, 0.15) is 0 Å². The molecule has 2 aromatic rings. The molecule has 2 amide bonds. The Balaban J connectivity index is 1.60. The third kappa shape index (κ3) is 3.82. The Kier molecular flexibility index (Phi) is 4.22. The van der Waals surface area contributed by atoms with Gasteiger partial charge in [-0.1, -0.05) is 12.1 Å². The number of carbonyl (C=O) groups is 1. The summed E-state index contributed by atoms with van der Waals surface area (Å²) in [6.07, 6.45) is 0.626. The standard InChI is InChI=1S/C14H19N7O2/c1-21-19-12(18-20-21)10-3-2-4-11(7-10)17-13(22)16-9-14(23)5-6-15-8-14/h2-4,7,15,23H,5-6,8-9H2,1H3,(H2,16,17,22)/t14-/m0/s1. The van der Waals surface area contributed by atoms with E-state index in [1.54, 1.807) is 25.2 Å². The summed E-state index contributed by atoms with van der Waals surface area (Å²) in [5.41, 5.74) is 0.501. The second kappa shape index (κ2) is 6.31. The van der Waals surface area contributed by atoms with E-state index in [0.717, 1.165) is 12.1 Å². The molecule has 9 heteroatoms. The minimum Gasteiger partial charge on any atom is -0.387 e. The number of benzene rings is 1. The zero-order chi connectivity index (χ0) is 16.3. The third-order valence-electron chi connectivity index (χ3n) is 3.69. The van der Waals surface area contributed by atoms with Crippen molar-refractivity contribution < 1.29 is 9.90 Å².